The van der Waals surface area contributed by atoms with Crippen LogP contribution in [0.2, 0.25) is 0 Å². The largest absolute Gasteiger partial charge is 0.494 e. The molecule has 5 heteroatoms. The van der Waals surface area contributed by atoms with Gasteiger partial charge >= 0.3 is 5.97 Å². The second-order valence-corrected chi connectivity index (χ2v) is 4.64. The monoisotopic (exact) mass is 277 g/mol. The summed E-state index contributed by atoms with van der Waals surface area (Å²) in [6.07, 6.45) is 0.902. The molecule has 0 spiro atoms. The first kappa shape index (κ1) is 14.4. The summed E-state index contributed by atoms with van der Waals surface area (Å²) >= 11 is 0. The van der Waals surface area contributed by atoms with Gasteiger partial charge in [0.05, 0.1) is 20.3 Å². The number of ether oxygens (including phenoxy) is 2. The topological polar surface area (TPSA) is 55.8 Å². The molecule has 1 saturated heterocycles. The fraction of sp³-hybridized carbons (Fsp3) is 0.467. The molecule has 1 aromatic carbocycles. The molecule has 1 fully saturated rings. The van der Waals surface area contributed by atoms with E-state index in [0.717, 1.165) is 11.3 Å². The first-order chi connectivity index (χ1) is 9.67. The summed E-state index contributed by atoms with van der Waals surface area (Å²) in [6.45, 7) is 2.84. The second-order valence-electron chi connectivity index (χ2n) is 4.64. The number of hydrogen-bond acceptors (Lipinski definition) is 4. The fourth-order valence-corrected chi connectivity index (χ4v) is 2.43. The number of rotatable bonds is 5. The maximum atomic E-state index is 12.0. The molecule has 1 unspecified atom stereocenters. The summed E-state index contributed by atoms with van der Waals surface area (Å²) in [7, 11) is 1.34. The van der Waals surface area contributed by atoms with E-state index in [2.05, 4.69) is 0 Å². The predicted octanol–water partition coefficient (Wildman–Crippen LogP) is 1.75. The summed E-state index contributed by atoms with van der Waals surface area (Å²) in [5.74, 6) is 0.370. The van der Waals surface area contributed by atoms with Crippen molar-refractivity contribution >= 4 is 11.9 Å². The van der Waals surface area contributed by atoms with Gasteiger partial charge in [-0.3, -0.25) is 4.79 Å². The van der Waals surface area contributed by atoms with Crippen LogP contribution in [-0.4, -0.2) is 36.5 Å². The average molecular weight is 277 g/mol. The number of hydrogen-bond donors (Lipinski definition) is 0. The number of methoxy groups -OCH3 is 1. The third kappa shape index (κ3) is 2.92. The van der Waals surface area contributed by atoms with Crippen LogP contribution in [0.4, 0.5) is 0 Å². The van der Waals surface area contributed by atoms with Gasteiger partial charge in [-0.25, -0.2) is 4.79 Å². The Kier molecular flexibility index (Phi) is 4.61. The Hall–Kier alpha value is -2.04. The highest BCUT2D eigenvalue weighted by Gasteiger charge is 2.36. The zero-order valence-electron chi connectivity index (χ0n) is 11.8. The standard InChI is InChI=1S/C15H19NO4/c1-3-20-13-7-5-4-6-11(13)10-16-12(15(18)19-2)8-9-14(16)17/h4-7,12H,3,8-10H2,1-2H3. The van der Waals surface area contributed by atoms with E-state index in [-0.39, 0.29) is 11.9 Å². The molecule has 0 bridgehead atoms. The number of amides is 1. The molecular weight excluding hydrogens is 258 g/mol. The maximum absolute atomic E-state index is 12.0. The molecule has 0 saturated carbocycles. The molecular formula is C15H19NO4. The Balaban J connectivity index is 2.19. The Labute approximate surface area is 118 Å². The lowest BCUT2D eigenvalue weighted by atomic mass is 10.1. The van der Waals surface area contributed by atoms with E-state index in [0.29, 0.717) is 26.0 Å². The molecule has 1 aliphatic heterocycles. The quantitative estimate of drug-likeness (QED) is 0.769. The van der Waals surface area contributed by atoms with Crippen molar-refractivity contribution in [3.05, 3.63) is 29.8 Å². The predicted molar refractivity (Wildman–Crippen MR) is 73.2 cm³/mol. The third-order valence-corrected chi connectivity index (χ3v) is 3.41. The lowest BCUT2D eigenvalue weighted by Gasteiger charge is -2.23. The minimum atomic E-state index is -0.484. The minimum Gasteiger partial charge on any atom is -0.494 e. The maximum Gasteiger partial charge on any atom is 0.328 e. The lowest BCUT2D eigenvalue weighted by molar-refractivity contribution is -0.149. The van der Waals surface area contributed by atoms with Crippen LogP contribution >= 0.6 is 0 Å². The molecule has 1 amide bonds. The molecule has 20 heavy (non-hydrogen) atoms. The van der Waals surface area contributed by atoms with Crippen molar-refractivity contribution in [3.8, 4) is 5.75 Å². The molecule has 108 valence electrons. The van der Waals surface area contributed by atoms with Crippen molar-refractivity contribution < 1.29 is 19.1 Å². The van der Waals surface area contributed by atoms with Crippen molar-refractivity contribution in [3.63, 3.8) is 0 Å². The fourth-order valence-electron chi connectivity index (χ4n) is 2.43. The van der Waals surface area contributed by atoms with Gasteiger partial charge in [0.15, 0.2) is 0 Å². The minimum absolute atomic E-state index is 0.0216. The second kappa shape index (κ2) is 6.41. The zero-order valence-corrected chi connectivity index (χ0v) is 11.8. The van der Waals surface area contributed by atoms with E-state index in [9.17, 15) is 9.59 Å². The summed E-state index contributed by atoms with van der Waals surface area (Å²) < 4.78 is 10.3. The summed E-state index contributed by atoms with van der Waals surface area (Å²) in [6, 6.07) is 7.07. The molecule has 0 N–H and O–H groups in total. The lowest BCUT2D eigenvalue weighted by Crippen LogP contribution is -2.38. The van der Waals surface area contributed by atoms with Crippen LogP contribution in [0.5, 0.6) is 5.75 Å². The van der Waals surface area contributed by atoms with Crippen molar-refractivity contribution in [2.75, 3.05) is 13.7 Å². The van der Waals surface area contributed by atoms with Crippen molar-refractivity contribution in [1.82, 2.24) is 4.90 Å². The van der Waals surface area contributed by atoms with Gasteiger partial charge in [0.1, 0.15) is 11.8 Å². The van der Waals surface area contributed by atoms with Gasteiger partial charge < -0.3 is 14.4 Å². The highest BCUT2D eigenvalue weighted by atomic mass is 16.5. The van der Waals surface area contributed by atoms with E-state index >= 15 is 0 Å². The molecule has 1 heterocycles. The number of carbonyl (C=O) groups is 2. The van der Waals surface area contributed by atoms with Crippen LogP contribution < -0.4 is 4.74 Å². The Morgan fingerprint density at radius 2 is 2.15 bits per heavy atom. The number of para-hydroxylation sites is 1. The zero-order chi connectivity index (χ0) is 14.5. The Bertz CT molecular complexity index is 500. The molecule has 1 aliphatic rings. The SMILES string of the molecule is CCOc1ccccc1CN1C(=O)CCC1C(=O)OC. The van der Waals surface area contributed by atoms with Gasteiger partial charge in [-0.2, -0.15) is 0 Å². The molecule has 1 atom stereocenters. The summed E-state index contributed by atoms with van der Waals surface area (Å²) in [4.78, 5) is 25.3. The number of esters is 1. The van der Waals surface area contributed by atoms with Crippen LogP contribution in [0.15, 0.2) is 24.3 Å². The number of nitrogens with zero attached hydrogens (tertiary/aromatic N) is 1. The van der Waals surface area contributed by atoms with Crippen LogP contribution in [0.25, 0.3) is 0 Å². The molecule has 2 rings (SSSR count). The van der Waals surface area contributed by atoms with Gasteiger partial charge in [-0.15, -0.1) is 0 Å². The smallest absolute Gasteiger partial charge is 0.328 e. The van der Waals surface area contributed by atoms with E-state index < -0.39 is 6.04 Å². The highest BCUT2D eigenvalue weighted by molar-refractivity contribution is 5.88. The normalized spacial score (nSPS) is 18.2. The van der Waals surface area contributed by atoms with Gasteiger partial charge in [0.2, 0.25) is 5.91 Å². The van der Waals surface area contributed by atoms with Crippen LogP contribution in [-0.2, 0) is 20.9 Å². The van der Waals surface area contributed by atoms with Gasteiger partial charge in [0.25, 0.3) is 0 Å². The molecule has 0 aliphatic carbocycles. The van der Waals surface area contributed by atoms with Crippen LogP contribution in [0, 0.1) is 0 Å². The van der Waals surface area contributed by atoms with E-state index in [1.165, 1.54) is 7.11 Å². The van der Waals surface area contributed by atoms with E-state index in [1.807, 2.05) is 31.2 Å². The number of likely N-dealkylation sites (tertiary alicyclic amines) is 1. The molecule has 0 aromatic heterocycles. The molecule has 1 aromatic rings. The average Bonchev–Trinajstić information content (AvgIpc) is 2.82. The van der Waals surface area contributed by atoms with Crippen LogP contribution in [0.3, 0.4) is 0 Å². The summed E-state index contributed by atoms with van der Waals surface area (Å²) in [5, 5.41) is 0. The van der Waals surface area contributed by atoms with Crippen LogP contribution in [0.1, 0.15) is 25.3 Å². The van der Waals surface area contributed by atoms with E-state index in [4.69, 9.17) is 9.47 Å². The Morgan fingerprint density at radius 1 is 1.40 bits per heavy atom. The van der Waals surface area contributed by atoms with E-state index in [1.54, 1.807) is 4.90 Å². The van der Waals surface area contributed by atoms with Crippen molar-refractivity contribution in [2.45, 2.75) is 32.4 Å². The van der Waals surface area contributed by atoms with Gasteiger partial charge in [-0.1, -0.05) is 18.2 Å². The molecule has 5 nitrogen and oxygen atoms in total. The van der Waals surface area contributed by atoms with Gasteiger partial charge in [0, 0.05) is 12.0 Å². The molecule has 0 radical (unpaired) electrons. The Morgan fingerprint density at radius 3 is 2.85 bits per heavy atom. The number of benzene rings is 1. The third-order valence-electron chi connectivity index (χ3n) is 3.41. The number of carbonyl (C=O) groups excluding carboxylic acids is 2. The van der Waals surface area contributed by atoms with Crippen molar-refractivity contribution in [1.29, 1.82) is 0 Å². The summed E-state index contributed by atoms with van der Waals surface area (Å²) in [5.41, 5.74) is 0.901. The first-order valence-electron chi connectivity index (χ1n) is 6.75. The van der Waals surface area contributed by atoms with Crippen molar-refractivity contribution in [2.24, 2.45) is 0 Å². The highest BCUT2D eigenvalue weighted by Crippen LogP contribution is 2.26. The first-order valence-corrected chi connectivity index (χ1v) is 6.75. The van der Waals surface area contributed by atoms with Gasteiger partial charge in [-0.05, 0) is 19.4 Å².